The number of hydrogen-bond donors (Lipinski definition) is 2. The minimum atomic E-state index is 0.308. The Morgan fingerprint density at radius 2 is 1.90 bits per heavy atom. The predicted molar refractivity (Wildman–Crippen MR) is 85.0 cm³/mol. The number of aliphatic hydroxyl groups excluding tert-OH is 1. The second kappa shape index (κ2) is 7.24. The fourth-order valence-electron chi connectivity index (χ4n) is 3.43. The summed E-state index contributed by atoms with van der Waals surface area (Å²) in [7, 11) is 0. The molecule has 1 aliphatic rings. The zero-order valence-electron chi connectivity index (χ0n) is 12.9. The van der Waals surface area contributed by atoms with Crippen LogP contribution >= 0.6 is 0 Å². The average Bonchev–Trinajstić information content (AvgIpc) is 2.49. The van der Waals surface area contributed by atoms with E-state index in [2.05, 4.69) is 49.5 Å². The fourth-order valence-corrected chi connectivity index (χ4v) is 3.43. The molecule has 2 heteroatoms. The van der Waals surface area contributed by atoms with Gasteiger partial charge in [-0.1, -0.05) is 37.3 Å². The van der Waals surface area contributed by atoms with Crippen LogP contribution in [0.3, 0.4) is 0 Å². The van der Waals surface area contributed by atoms with Gasteiger partial charge in [0.2, 0.25) is 0 Å². The van der Waals surface area contributed by atoms with E-state index < -0.39 is 0 Å². The quantitative estimate of drug-likeness (QED) is 0.831. The van der Waals surface area contributed by atoms with Crippen LogP contribution < -0.4 is 5.32 Å². The lowest BCUT2D eigenvalue weighted by atomic mass is 9.69. The number of hydrogen-bond acceptors (Lipinski definition) is 2. The van der Waals surface area contributed by atoms with E-state index in [1.54, 1.807) is 0 Å². The number of benzene rings is 1. The zero-order valence-corrected chi connectivity index (χ0v) is 12.9. The highest BCUT2D eigenvalue weighted by Gasteiger charge is 2.32. The maximum Gasteiger partial charge on any atom is 0.0431 e. The fraction of sp³-hybridized carbons (Fsp3) is 0.667. The van der Waals surface area contributed by atoms with Gasteiger partial charge in [0.15, 0.2) is 0 Å². The zero-order chi connectivity index (χ0) is 14.4. The molecule has 1 fully saturated rings. The van der Waals surface area contributed by atoms with Crippen molar-refractivity contribution in [3.05, 3.63) is 35.9 Å². The topological polar surface area (TPSA) is 32.3 Å². The molecule has 2 rings (SSSR count). The molecule has 1 aliphatic carbocycles. The summed E-state index contributed by atoms with van der Waals surface area (Å²) in [4.78, 5) is 0. The minimum Gasteiger partial charge on any atom is -0.396 e. The lowest BCUT2D eigenvalue weighted by Crippen LogP contribution is -2.42. The molecule has 0 bridgehead atoms. The SMILES string of the molecule is CC(CCCO)NC1CCC(C)(c2ccccc2)CC1. The third kappa shape index (κ3) is 4.07. The first-order chi connectivity index (χ1) is 9.64. The van der Waals surface area contributed by atoms with Crippen LogP contribution in [-0.2, 0) is 5.41 Å². The van der Waals surface area contributed by atoms with Crippen molar-refractivity contribution in [3.8, 4) is 0 Å². The summed E-state index contributed by atoms with van der Waals surface area (Å²) in [6.07, 6.45) is 7.03. The Labute approximate surface area is 123 Å². The first-order valence-corrected chi connectivity index (χ1v) is 8.06. The van der Waals surface area contributed by atoms with E-state index in [4.69, 9.17) is 5.11 Å². The maximum atomic E-state index is 8.89. The summed E-state index contributed by atoms with van der Waals surface area (Å²) in [5, 5.41) is 12.6. The van der Waals surface area contributed by atoms with E-state index in [1.165, 1.54) is 31.2 Å². The van der Waals surface area contributed by atoms with Gasteiger partial charge in [-0.25, -0.2) is 0 Å². The van der Waals surface area contributed by atoms with Crippen molar-refractivity contribution in [1.29, 1.82) is 0 Å². The third-order valence-corrected chi connectivity index (χ3v) is 4.88. The molecule has 0 amide bonds. The van der Waals surface area contributed by atoms with Gasteiger partial charge in [0.25, 0.3) is 0 Å². The van der Waals surface area contributed by atoms with Gasteiger partial charge in [-0.15, -0.1) is 0 Å². The molecule has 2 N–H and O–H groups in total. The van der Waals surface area contributed by atoms with Gasteiger partial charge in [0.1, 0.15) is 0 Å². The molecule has 1 aromatic rings. The Kier molecular flexibility index (Phi) is 5.62. The van der Waals surface area contributed by atoms with Gasteiger partial charge in [0, 0.05) is 18.7 Å². The Bertz CT molecular complexity index is 382. The van der Waals surface area contributed by atoms with Crippen molar-refractivity contribution in [1.82, 2.24) is 5.32 Å². The van der Waals surface area contributed by atoms with Crippen LogP contribution in [0.25, 0.3) is 0 Å². The van der Waals surface area contributed by atoms with E-state index in [0.29, 0.717) is 24.1 Å². The van der Waals surface area contributed by atoms with E-state index in [-0.39, 0.29) is 0 Å². The van der Waals surface area contributed by atoms with Crippen LogP contribution in [0, 0.1) is 0 Å². The van der Waals surface area contributed by atoms with Crippen molar-refractivity contribution < 1.29 is 5.11 Å². The van der Waals surface area contributed by atoms with Gasteiger partial charge in [-0.3, -0.25) is 0 Å². The van der Waals surface area contributed by atoms with Crippen molar-refractivity contribution in [3.63, 3.8) is 0 Å². The highest BCUT2D eigenvalue weighted by molar-refractivity contribution is 5.25. The van der Waals surface area contributed by atoms with E-state index in [0.717, 1.165) is 12.8 Å². The van der Waals surface area contributed by atoms with Crippen molar-refractivity contribution >= 4 is 0 Å². The summed E-state index contributed by atoms with van der Waals surface area (Å²) in [6.45, 7) is 4.96. The van der Waals surface area contributed by atoms with Crippen LogP contribution in [-0.4, -0.2) is 23.8 Å². The van der Waals surface area contributed by atoms with E-state index >= 15 is 0 Å². The Morgan fingerprint density at radius 3 is 2.50 bits per heavy atom. The summed E-state index contributed by atoms with van der Waals surface area (Å²) in [5.41, 5.74) is 1.85. The first kappa shape index (κ1) is 15.5. The number of rotatable bonds is 6. The van der Waals surface area contributed by atoms with Gasteiger partial charge < -0.3 is 10.4 Å². The summed E-state index contributed by atoms with van der Waals surface area (Å²) >= 11 is 0. The molecular weight excluding hydrogens is 246 g/mol. The van der Waals surface area contributed by atoms with Gasteiger partial charge in [-0.2, -0.15) is 0 Å². The summed E-state index contributed by atoms with van der Waals surface area (Å²) in [6, 6.07) is 12.1. The largest absolute Gasteiger partial charge is 0.396 e. The normalized spacial score (nSPS) is 28.2. The van der Waals surface area contributed by atoms with Crippen LogP contribution in [0.15, 0.2) is 30.3 Å². The molecule has 112 valence electrons. The molecule has 0 saturated heterocycles. The van der Waals surface area contributed by atoms with Gasteiger partial charge in [-0.05, 0) is 56.4 Å². The Balaban J connectivity index is 1.83. The molecule has 0 aliphatic heterocycles. The standard InChI is InChI=1S/C18H29NO/c1-15(7-6-14-20)19-17-10-12-18(2,13-11-17)16-8-4-3-5-9-16/h3-5,8-9,15,17,19-20H,6-7,10-14H2,1-2H3. The average molecular weight is 275 g/mol. The smallest absolute Gasteiger partial charge is 0.0431 e. The Hall–Kier alpha value is -0.860. The summed E-state index contributed by atoms with van der Waals surface area (Å²) < 4.78 is 0. The highest BCUT2D eigenvalue weighted by atomic mass is 16.2. The van der Waals surface area contributed by atoms with Crippen LogP contribution in [0.2, 0.25) is 0 Å². The molecule has 0 heterocycles. The van der Waals surface area contributed by atoms with Crippen LogP contribution in [0.4, 0.5) is 0 Å². The number of nitrogens with one attached hydrogen (secondary N) is 1. The molecule has 0 radical (unpaired) electrons. The van der Waals surface area contributed by atoms with E-state index in [9.17, 15) is 0 Å². The van der Waals surface area contributed by atoms with Crippen LogP contribution in [0.1, 0.15) is 57.9 Å². The molecule has 2 nitrogen and oxygen atoms in total. The van der Waals surface area contributed by atoms with Crippen molar-refractivity contribution in [2.45, 2.75) is 69.9 Å². The molecule has 1 aromatic carbocycles. The molecule has 1 saturated carbocycles. The maximum absolute atomic E-state index is 8.89. The first-order valence-electron chi connectivity index (χ1n) is 8.06. The second-order valence-electron chi connectivity index (χ2n) is 6.63. The van der Waals surface area contributed by atoms with Crippen molar-refractivity contribution in [2.24, 2.45) is 0 Å². The molecule has 20 heavy (non-hydrogen) atoms. The third-order valence-electron chi connectivity index (χ3n) is 4.88. The minimum absolute atomic E-state index is 0.308. The Morgan fingerprint density at radius 1 is 1.25 bits per heavy atom. The lowest BCUT2D eigenvalue weighted by molar-refractivity contribution is 0.239. The predicted octanol–water partition coefficient (Wildman–Crippen LogP) is 3.64. The summed E-state index contributed by atoms with van der Waals surface area (Å²) in [5.74, 6) is 0. The molecule has 1 unspecified atom stereocenters. The van der Waals surface area contributed by atoms with Gasteiger partial charge >= 0.3 is 0 Å². The van der Waals surface area contributed by atoms with Crippen LogP contribution in [0.5, 0.6) is 0 Å². The lowest BCUT2D eigenvalue weighted by Gasteiger charge is -2.39. The van der Waals surface area contributed by atoms with Gasteiger partial charge in [0.05, 0.1) is 0 Å². The number of aliphatic hydroxyl groups is 1. The molecule has 0 aromatic heterocycles. The molecular formula is C18H29NO. The highest BCUT2D eigenvalue weighted by Crippen LogP contribution is 2.39. The van der Waals surface area contributed by atoms with Crippen molar-refractivity contribution in [2.75, 3.05) is 6.61 Å². The molecule has 0 spiro atoms. The molecule has 1 atom stereocenters. The van der Waals surface area contributed by atoms with E-state index in [1.807, 2.05) is 0 Å². The second-order valence-corrected chi connectivity index (χ2v) is 6.63. The monoisotopic (exact) mass is 275 g/mol.